The van der Waals surface area contributed by atoms with Gasteiger partial charge in [0.25, 0.3) is 0 Å². The van der Waals surface area contributed by atoms with Gasteiger partial charge in [0.15, 0.2) is 9.84 Å². The highest BCUT2D eigenvalue weighted by atomic mass is 32.2. The minimum atomic E-state index is -3.25. The molecule has 0 aromatic heterocycles. The van der Waals surface area contributed by atoms with Gasteiger partial charge in [-0.25, -0.2) is 13.2 Å². The lowest BCUT2D eigenvalue weighted by atomic mass is 10.1. The molecule has 0 spiro atoms. The highest BCUT2D eigenvalue weighted by molar-refractivity contribution is 7.92. The van der Waals surface area contributed by atoms with Crippen LogP contribution in [0.2, 0.25) is 0 Å². The highest BCUT2D eigenvalue weighted by Gasteiger charge is 2.31. The Balaban J connectivity index is 1.96. The van der Waals surface area contributed by atoms with E-state index in [1.165, 1.54) is 0 Å². The number of rotatable bonds is 4. The predicted molar refractivity (Wildman–Crippen MR) is 84.9 cm³/mol. The third-order valence-corrected chi connectivity index (χ3v) is 6.08. The number of benzene rings is 1. The van der Waals surface area contributed by atoms with E-state index in [2.05, 4.69) is 10.6 Å². The lowest BCUT2D eigenvalue weighted by Crippen LogP contribution is -2.47. The van der Waals surface area contributed by atoms with Crippen LogP contribution in [-0.2, 0) is 9.84 Å². The monoisotopic (exact) mass is 326 g/mol. The summed E-state index contributed by atoms with van der Waals surface area (Å²) in [5, 5.41) is 5.43. The van der Waals surface area contributed by atoms with Crippen LogP contribution in [0.1, 0.15) is 31.0 Å². The highest BCUT2D eigenvalue weighted by Crippen LogP contribution is 2.32. The van der Waals surface area contributed by atoms with Crippen molar-refractivity contribution in [3.05, 3.63) is 29.3 Å². The van der Waals surface area contributed by atoms with E-state index in [9.17, 15) is 13.2 Å². The molecule has 1 heterocycles. The van der Waals surface area contributed by atoms with Gasteiger partial charge in [-0.3, -0.25) is 0 Å². The Bertz CT molecular complexity index is 683. The second kappa shape index (κ2) is 5.79. The Hall–Kier alpha value is -1.76. The Morgan fingerprint density at radius 2 is 2.09 bits per heavy atom. The molecule has 1 aromatic carbocycles. The lowest BCUT2D eigenvalue weighted by Gasteiger charge is -2.23. The Kier molecular flexibility index (Phi) is 4.37. The number of aryl methyl sites for hydroxylation is 1. The van der Waals surface area contributed by atoms with E-state index >= 15 is 0 Å². The van der Waals surface area contributed by atoms with Crippen LogP contribution in [0.15, 0.2) is 18.2 Å². The fraction of sp³-hybridized carbons (Fsp3) is 0.533. The molecule has 122 valence electrons. The third-order valence-electron chi connectivity index (χ3n) is 3.93. The molecule has 2 N–H and O–H groups in total. The van der Waals surface area contributed by atoms with Gasteiger partial charge in [-0.05, 0) is 26.8 Å². The van der Waals surface area contributed by atoms with Crippen molar-refractivity contribution in [2.75, 3.05) is 19.4 Å². The van der Waals surface area contributed by atoms with Crippen LogP contribution in [0.4, 0.5) is 4.79 Å². The quantitative estimate of drug-likeness (QED) is 0.879. The van der Waals surface area contributed by atoms with E-state index in [0.29, 0.717) is 6.61 Å². The van der Waals surface area contributed by atoms with Gasteiger partial charge in [0.1, 0.15) is 12.4 Å². The molecule has 6 nitrogen and oxygen atoms in total. The molecule has 0 saturated carbocycles. The van der Waals surface area contributed by atoms with E-state index in [0.717, 1.165) is 23.1 Å². The number of carbonyl (C=O) groups excluding carboxylic acids is 1. The Morgan fingerprint density at radius 3 is 2.73 bits per heavy atom. The summed E-state index contributed by atoms with van der Waals surface area (Å²) in [5.41, 5.74) is 2.03. The van der Waals surface area contributed by atoms with E-state index in [-0.39, 0.29) is 12.6 Å². The molecule has 2 rings (SSSR count). The minimum Gasteiger partial charge on any atom is -0.491 e. The number of urea groups is 1. The van der Waals surface area contributed by atoms with Crippen LogP contribution < -0.4 is 15.4 Å². The van der Waals surface area contributed by atoms with Crippen molar-refractivity contribution in [1.29, 1.82) is 0 Å². The van der Waals surface area contributed by atoms with Gasteiger partial charge in [-0.2, -0.15) is 0 Å². The maximum atomic E-state index is 12.0. The van der Waals surface area contributed by atoms with Gasteiger partial charge in [0, 0.05) is 18.4 Å². The Labute approximate surface area is 131 Å². The third kappa shape index (κ3) is 3.52. The number of fused-ring (bicyclic) bond motifs is 1. The molecule has 0 aliphatic carbocycles. The van der Waals surface area contributed by atoms with Crippen molar-refractivity contribution < 1.29 is 17.9 Å². The van der Waals surface area contributed by atoms with E-state index in [1.807, 2.05) is 25.1 Å². The predicted octanol–water partition coefficient (Wildman–Crippen LogP) is 1.55. The zero-order valence-corrected chi connectivity index (χ0v) is 14.1. The van der Waals surface area contributed by atoms with Gasteiger partial charge in [0.05, 0.1) is 10.8 Å². The van der Waals surface area contributed by atoms with Crippen LogP contribution in [0, 0.1) is 6.92 Å². The molecule has 0 bridgehead atoms. The molecule has 0 unspecified atom stereocenters. The maximum absolute atomic E-state index is 12.0. The average Bonchev–Trinajstić information content (AvgIpc) is 2.78. The normalized spacial score (nSPS) is 17.5. The van der Waals surface area contributed by atoms with Crippen molar-refractivity contribution in [1.82, 2.24) is 10.6 Å². The second-order valence-corrected chi connectivity index (χ2v) is 8.91. The number of hydrogen-bond acceptors (Lipinski definition) is 4. The number of sulfone groups is 1. The first-order valence-corrected chi connectivity index (χ1v) is 8.96. The molecule has 1 aliphatic heterocycles. The summed E-state index contributed by atoms with van der Waals surface area (Å²) in [7, 11) is -3.25. The molecule has 2 amide bonds. The van der Waals surface area contributed by atoms with Crippen molar-refractivity contribution in [2.24, 2.45) is 0 Å². The van der Waals surface area contributed by atoms with Gasteiger partial charge < -0.3 is 15.4 Å². The molecule has 1 atom stereocenters. The summed E-state index contributed by atoms with van der Waals surface area (Å²) in [6.07, 6.45) is 1.16. The molecule has 1 aromatic rings. The summed E-state index contributed by atoms with van der Waals surface area (Å²) >= 11 is 0. The van der Waals surface area contributed by atoms with Gasteiger partial charge in [-0.1, -0.05) is 17.7 Å². The summed E-state index contributed by atoms with van der Waals surface area (Å²) in [4.78, 5) is 12.0. The fourth-order valence-corrected chi connectivity index (χ4v) is 2.42. The van der Waals surface area contributed by atoms with E-state index < -0.39 is 20.6 Å². The van der Waals surface area contributed by atoms with Crippen LogP contribution in [0.25, 0.3) is 0 Å². The molecule has 0 radical (unpaired) electrons. The first kappa shape index (κ1) is 16.6. The van der Waals surface area contributed by atoms with Crippen LogP contribution >= 0.6 is 0 Å². The van der Waals surface area contributed by atoms with Crippen LogP contribution in [0.3, 0.4) is 0 Å². The number of amides is 2. The molecule has 0 fully saturated rings. The fourth-order valence-electron chi connectivity index (χ4n) is 2.09. The molecule has 22 heavy (non-hydrogen) atoms. The number of nitrogens with one attached hydrogen (secondary N) is 2. The summed E-state index contributed by atoms with van der Waals surface area (Å²) in [6, 6.07) is 5.19. The molecular formula is C15H22N2O4S. The first-order valence-electron chi connectivity index (χ1n) is 7.07. The SMILES string of the molecule is Cc1ccc2c(c1)[C@@H](NC(=O)NCC(C)(C)S(C)(=O)=O)CO2. The number of carbonyl (C=O) groups is 1. The second-order valence-electron chi connectivity index (χ2n) is 6.26. The first-order chi connectivity index (χ1) is 10.1. The number of hydrogen-bond donors (Lipinski definition) is 2. The molecule has 0 saturated heterocycles. The minimum absolute atomic E-state index is 0.0475. The zero-order valence-electron chi connectivity index (χ0n) is 13.3. The smallest absolute Gasteiger partial charge is 0.315 e. The van der Waals surface area contributed by atoms with Crippen molar-refractivity contribution >= 4 is 15.9 Å². The topological polar surface area (TPSA) is 84.5 Å². The van der Waals surface area contributed by atoms with Crippen LogP contribution in [0.5, 0.6) is 5.75 Å². The standard InChI is InChI=1S/C15H22N2O4S/c1-10-5-6-13-11(7-10)12(8-21-13)17-14(18)16-9-15(2,3)22(4,19)20/h5-7,12H,8-9H2,1-4H3,(H2,16,17,18)/t12-/m0/s1. The summed E-state index contributed by atoms with van der Waals surface area (Å²) < 4.78 is 27.8. The van der Waals surface area contributed by atoms with E-state index in [4.69, 9.17) is 4.74 Å². The van der Waals surface area contributed by atoms with Crippen LogP contribution in [-0.4, -0.2) is 38.6 Å². The van der Waals surface area contributed by atoms with Crippen molar-refractivity contribution in [3.63, 3.8) is 0 Å². The lowest BCUT2D eigenvalue weighted by molar-refractivity contribution is 0.231. The molecular weight excluding hydrogens is 304 g/mol. The van der Waals surface area contributed by atoms with Gasteiger partial charge >= 0.3 is 6.03 Å². The van der Waals surface area contributed by atoms with Crippen molar-refractivity contribution in [3.8, 4) is 5.75 Å². The average molecular weight is 326 g/mol. The molecule has 7 heteroatoms. The Morgan fingerprint density at radius 1 is 1.41 bits per heavy atom. The van der Waals surface area contributed by atoms with Gasteiger partial charge in [0.2, 0.25) is 0 Å². The number of ether oxygens (including phenoxy) is 1. The maximum Gasteiger partial charge on any atom is 0.315 e. The van der Waals surface area contributed by atoms with Gasteiger partial charge in [-0.15, -0.1) is 0 Å². The van der Waals surface area contributed by atoms with Crippen molar-refractivity contribution in [2.45, 2.75) is 31.6 Å². The largest absolute Gasteiger partial charge is 0.491 e. The zero-order chi connectivity index (χ0) is 16.5. The van der Waals surface area contributed by atoms with E-state index in [1.54, 1.807) is 13.8 Å². The summed E-state index contributed by atoms with van der Waals surface area (Å²) in [6.45, 7) is 5.57. The summed E-state index contributed by atoms with van der Waals surface area (Å²) in [5.74, 6) is 0.771. The molecule has 1 aliphatic rings.